The summed E-state index contributed by atoms with van der Waals surface area (Å²) in [6.07, 6.45) is 3.52. The molecule has 0 amide bonds. The van der Waals surface area contributed by atoms with Crippen LogP contribution in [0.15, 0.2) is 35.5 Å². The van der Waals surface area contributed by atoms with E-state index in [0.717, 1.165) is 10.6 Å². The molecule has 0 aliphatic carbocycles. The molecular formula is C12H9ClN4OS. The van der Waals surface area contributed by atoms with Gasteiger partial charge in [-0.05, 0) is 30.0 Å². The van der Waals surface area contributed by atoms with Crippen molar-refractivity contribution >= 4 is 34.5 Å². The Kier molecular flexibility index (Phi) is 3.27. The van der Waals surface area contributed by atoms with Gasteiger partial charge in [-0.3, -0.25) is 0 Å². The van der Waals surface area contributed by atoms with Gasteiger partial charge in [-0.25, -0.2) is 4.98 Å². The van der Waals surface area contributed by atoms with Crippen molar-refractivity contribution in [2.24, 2.45) is 0 Å². The van der Waals surface area contributed by atoms with Crippen molar-refractivity contribution in [3.05, 3.63) is 35.9 Å². The maximum absolute atomic E-state index is 5.86. The fourth-order valence-electron chi connectivity index (χ4n) is 1.66. The largest absolute Gasteiger partial charge is 0.436 e. The number of benzene rings is 1. The summed E-state index contributed by atoms with van der Waals surface area (Å²) in [5.74, 6) is 1.09. The molecule has 2 aromatic heterocycles. The minimum absolute atomic E-state index is 0.108. The molecule has 0 aliphatic heterocycles. The number of nitrogens with one attached hydrogen (secondary N) is 1. The first-order valence-corrected chi connectivity index (χ1v) is 7.05. The van der Waals surface area contributed by atoms with Crippen LogP contribution in [0.3, 0.4) is 0 Å². The van der Waals surface area contributed by atoms with Crippen LogP contribution >= 0.6 is 23.4 Å². The number of ether oxygens (including phenoxy) is 1. The number of imidazole rings is 1. The first kappa shape index (κ1) is 12.3. The van der Waals surface area contributed by atoms with E-state index in [1.54, 1.807) is 11.8 Å². The highest BCUT2D eigenvalue weighted by Gasteiger charge is 2.12. The highest BCUT2D eigenvalue weighted by atomic mass is 35.5. The van der Waals surface area contributed by atoms with Crippen molar-refractivity contribution in [2.45, 2.75) is 4.90 Å². The van der Waals surface area contributed by atoms with E-state index in [4.69, 9.17) is 16.3 Å². The Morgan fingerprint density at radius 3 is 2.95 bits per heavy atom. The number of hydrogen-bond donors (Lipinski definition) is 1. The average Bonchev–Trinajstić information content (AvgIpc) is 2.87. The van der Waals surface area contributed by atoms with E-state index < -0.39 is 0 Å². The second kappa shape index (κ2) is 5.07. The number of H-pyrrole nitrogens is 1. The monoisotopic (exact) mass is 292 g/mol. The van der Waals surface area contributed by atoms with Crippen molar-refractivity contribution in [1.82, 2.24) is 19.9 Å². The molecule has 3 aromatic rings. The van der Waals surface area contributed by atoms with Gasteiger partial charge in [-0.2, -0.15) is 9.97 Å². The molecule has 0 atom stereocenters. The lowest BCUT2D eigenvalue weighted by molar-refractivity contribution is 0.456. The molecule has 7 heteroatoms. The van der Waals surface area contributed by atoms with Crippen molar-refractivity contribution in [1.29, 1.82) is 0 Å². The Hall–Kier alpha value is -1.79. The van der Waals surface area contributed by atoms with Crippen LogP contribution in [0.2, 0.25) is 5.28 Å². The van der Waals surface area contributed by atoms with Crippen molar-refractivity contribution in [3.8, 4) is 11.6 Å². The molecule has 0 aliphatic rings. The highest BCUT2D eigenvalue weighted by Crippen LogP contribution is 2.32. The Morgan fingerprint density at radius 2 is 2.11 bits per heavy atom. The molecule has 2 heterocycles. The topological polar surface area (TPSA) is 63.7 Å². The SMILES string of the molecule is CSc1ccccc1Oc1nc(Cl)nc2nc[nH]c12. The van der Waals surface area contributed by atoms with Crippen LogP contribution in [0, 0.1) is 0 Å². The van der Waals surface area contributed by atoms with E-state index in [1.165, 1.54) is 6.33 Å². The van der Waals surface area contributed by atoms with Gasteiger partial charge in [0.1, 0.15) is 11.3 Å². The molecule has 1 aromatic carbocycles. The minimum atomic E-state index is 0.108. The van der Waals surface area contributed by atoms with E-state index in [9.17, 15) is 0 Å². The number of halogens is 1. The lowest BCUT2D eigenvalue weighted by Gasteiger charge is -2.08. The molecule has 0 fully saturated rings. The summed E-state index contributed by atoms with van der Waals surface area (Å²) in [4.78, 5) is 16.1. The van der Waals surface area contributed by atoms with Gasteiger partial charge in [0, 0.05) is 4.90 Å². The van der Waals surface area contributed by atoms with Crippen molar-refractivity contribution in [2.75, 3.05) is 6.26 Å². The molecule has 0 radical (unpaired) electrons. The fourth-order valence-corrected chi connectivity index (χ4v) is 2.34. The van der Waals surface area contributed by atoms with Gasteiger partial charge in [-0.15, -0.1) is 11.8 Å². The molecule has 0 spiro atoms. The average molecular weight is 293 g/mol. The van der Waals surface area contributed by atoms with E-state index >= 15 is 0 Å². The van der Waals surface area contributed by atoms with Gasteiger partial charge in [0.05, 0.1) is 6.33 Å². The molecule has 0 unspecified atom stereocenters. The lowest BCUT2D eigenvalue weighted by Crippen LogP contribution is -1.93. The Labute approximate surface area is 118 Å². The number of rotatable bonds is 3. The Morgan fingerprint density at radius 1 is 1.26 bits per heavy atom. The molecule has 0 saturated carbocycles. The van der Waals surface area contributed by atoms with E-state index in [2.05, 4.69) is 19.9 Å². The zero-order chi connectivity index (χ0) is 13.2. The van der Waals surface area contributed by atoms with Crippen LogP contribution in [0.25, 0.3) is 11.2 Å². The normalized spacial score (nSPS) is 10.8. The Balaban J connectivity index is 2.07. The van der Waals surface area contributed by atoms with Crippen LogP contribution < -0.4 is 4.74 Å². The third-order valence-electron chi connectivity index (χ3n) is 2.50. The van der Waals surface area contributed by atoms with Gasteiger partial charge >= 0.3 is 0 Å². The quantitative estimate of drug-likeness (QED) is 0.591. The molecule has 0 bridgehead atoms. The van der Waals surface area contributed by atoms with Crippen LogP contribution in [-0.4, -0.2) is 26.2 Å². The summed E-state index contributed by atoms with van der Waals surface area (Å²) in [6, 6.07) is 7.72. The second-order valence-corrected chi connectivity index (χ2v) is 4.84. The smallest absolute Gasteiger partial charge is 0.250 e. The third kappa shape index (κ3) is 2.36. The zero-order valence-corrected chi connectivity index (χ0v) is 11.5. The number of para-hydroxylation sites is 1. The third-order valence-corrected chi connectivity index (χ3v) is 3.45. The van der Waals surface area contributed by atoms with Crippen LogP contribution in [0.4, 0.5) is 0 Å². The Bertz CT molecular complexity index is 731. The molecule has 1 N–H and O–H groups in total. The standard InChI is InChI=1S/C12H9ClN4OS/c1-19-8-5-3-2-4-7(8)18-11-9-10(15-6-14-9)16-12(13)17-11/h2-6H,1H3,(H,14,15,16,17). The zero-order valence-electron chi connectivity index (χ0n) is 9.92. The number of fused-ring (bicyclic) bond motifs is 1. The van der Waals surface area contributed by atoms with Crippen LogP contribution in [0.5, 0.6) is 11.6 Å². The summed E-state index contributed by atoms with van der Waals surface area (Å²) < 4.78 is 5.83. The van der Waals surface area contributed by atoms with Gasteiger partial charge in [0.2, 0.25) is 11.2 Å². The first-order chi connectivity index (χ1) is 9.28. The van der Waals surface area contributed by atoms with Gasteiger partial charge in [0.15, 0.2) is 5.65 Å². The maximum atomic E-state index is 5.86. The summed E-state index contributed by atoms with van der Waals surface area (Å²) >= 11 is 7.46. The van der Waals surface area contributed by atoms with Crippen molar-refractivity contribution < 1.29 is 4.74 Å². The highest BCUT2D eigenvalue weighted by molar-refractivity contribution is 7.98. The number of aromatic amines is 1. The van der Waals surface area contributed by atoms with E-state index in [1.807, 2.05) is 30.5 Å². The summed E-state index contributed by atoms with van der Waals surface area (Å²) in [6.45, 7) is 0. The molecule has 19 heavy (non-hydrogen) atoms. The van der Waals surface area contributed by atoms with E-state index in [-0.39, 0.29) is 5.28 Å². The predicted molar refractivity (Wildman–Crippen MR) is 75.0 cm³/mol. The van der Waals surface area contributed by atoms with E-state index in [0.29, 0.717) is 17.0 Å². The summed E-state index contributed by atoms with van der Waals surface area (Å²) in [7, 11) is 0. The molecule has 3 rings (SSSR count). The molecule has 0 saturated heterocycles. The maximum Gasteiger partial charge on any atom is 0.250 e. The van der Waals surface area contributed by atoms with Crippen LogP contribution in [0.1, 0.15) is 0 Å². The van der Waals surface area contributed by atoms with Crippen molar-refractivity contribution in [3.63, 3.8) is 0 Å². The lowest BCUT2D eigenvalue weighted by atomic mass is 10.3. The summed E-state index contributed by atoms with van der Waals surface area (Å²) in [5, 5.41) is 0.108. The summed E-state index contributed by atoms with van der Waals surface area (Å²) in [5.41, 5.74) is 1.11. The van der Waals surface area contributed by atoms with Crippen LogP contribution in [-0.2, 0) is 0 Å². The number of nitrogens with zero attached hydrogens (tertiary/aromatic N) is 3. The van der Waals surface area contributed by atoms with Gasteiger partial charge in [-0.1, -0.05) is 12.1 Å². The molecular weight excluding hydrogens is 284 g/mol. The predicted octanol–water partition coefficient (Wildman–Crippen LogP) is 3.52. The number of aromatic nitrogens is 4. The molecule has 5 nitrogen and oxygen atoms in total. The minimum Gasteiger partial charge on any atom is -0.436 e. The van der Waals surface area contributed by atoms with Gasteiger partial charge < -0.3 is 9.72 Å². The first-order valence-electron chi connectivity index (χ1n) is 5.45. The molecule has 96 valence electrons. The second-order valence-electron chi connectivity index (χ2n) is 3.65. The number of thioether (sulfide) groups is 1. The van der Waals surface area contributed by atoms with Gasteiger partial charge in [0.25, 0.3) is 0 Å². The number of hydrogen-bond acceptors (Lipinski definition) is 5. The fraction of sp³-hybridized carbons (Fsp3) is 0.0833.